The molecule has 3 rings (SSSR count). The predicted molar refractivity (Wildman–Crippen MR) is 73.2 cm³/mol. The minimum Gasteiger partial charge on any atom is -0.378 e. The van der Waals surface area contributed by atoms with Crippen LogP contribution in [0.5, 0.6) is 0 Å². The third kappa shape index (κ3) is 2.34. The number of nitrogens with one attached hydrogen (secondary N) is 3. The molecule has 5 heteroatoms. The molecule has 19 heavy (non-hydrogen) atoms. The van der Waals surface area contributed by atoms with Crippen LogP contribution in [0, 0.1) is 0 Å². The molecule has 1 unspecified atom stereocenters. The zero-order chi connectivity index (χ0) is 13.2. The molecule has 0 bridgehead atoms. The Morgan fingerprint density at radius 3 is 3.00 bits per heavy atom. The molecule has 1 aliphatic heterocycles. The number of H-pyrrole nitrogens is 1. The summed E-state index contributed by atoms with van der Waals surface area (Å²) in [6.07, 6.45) is 0.0355. The molecule has 1 amide bonds. The number of amides is 1. The number of benzene rings is 1. The normalized spacial score (nSPS) is 22.8. The van der Waals surface area contributed by atoms with E-state index < -0.39 is 0 Å². The number of ether oxygens (including phenoxy) is 1. The second-order valence-electron chi connectivity index (χ2n) is 4.78. The summed E-state index contributed by atoms with van der Waals surface area (Å²) >= 11 is 0. The summed E-state index contributed by atoms with van der Waals surface area (Å²) in [6, 6.07) is 9.74. The summed E-state index contributed by atoms with van der Waals surface area (Å²) < 4.78 is 5.33. The zero-order valence-electron chi connectivity index (χ0n) is 10.8. The highest BCUT2D eigenvalue weighted by Crippen LogP contribution is 2.15. The van der Waals surface area contributed by atoms with Crippen molar-refractivity contribution in [2.75, 3.05) is 20.2 Å². The lowest BCUT2D eigenvalue weighted by Crippen LogP contribution is -2.43. The SMILES string of the molecule is CO[C@H]1CNCC1NC(=O)c1cc2ccccc2[nH]1. The fraction of sp³-hybridized carbons (Fsp3) is 0.357. The average Bonchev–Trinajstić information content (AvgIpc) is 3.03. The van der Waals surface area contributed by atoms with Crippen LogP contribution in [0.1, 0.15) is 10.5 Å². The van der Waals surface area contributed by atoms with Gasteiger partial charge in [-0.1, -0.05) is 18.2 Å². The molecule has 2 atom stereocenters. The van der Waals surface area contributed by atoms with Gasteiger partial charge in [0, 0.05) is 31.1 Å². The predicted octanol–water partition coefficient (Wildman–Crippen LogP) is 0.884. The standard InChI is InChI=1S/C14H17N3O2/c1-19-13-8-15-7-12(13)17-14(18)11-6-9-4-2-3-5-10(9)16-11/h2-6,12-13,15-16H,7-8H2,1H3,(H,17,18)/t12?,13-/m0/s1. The lowest BCUT2D eigenvalue weighted by Gasteiger charge is -2.17. The highest BCUT2D eigenvalue weighted by atomic mass is 16.5. The second kappa shape index (κ2) is 5.03. The van der Waals surface area contributed by atoms with E-state index >= 15 is 0 Å². The van der Waals surface area contributed by atoms with Gasteiger partial charge < -0.3 is 20.4 Å². The number of hydrogen-bond donors (Lipinski definition) is 3. The first kappa shape index (κ1) is 12.2. The first-order valence-corrected chi connectivity index (χ1v) is 6.40. The largest absolute Gasteiger partial charge is 0.378 e. The third-order valence-corrected chi connectivity index (χ3v) is 3.55. The van der Waals surface area contributed by atoms with Crippen LogP contribution in [-0.4, -0.2) is 43.2 Å². The van der Waals surface area contributed by atoms with E-state index in [1.54, 1.807) is 7.11 Å². The fourth-order valence-electron chi connectivity index (χ4n) is 2.49. The number of aromatic amines is 1. The van der Waals surface area contributed by atoms with Crippen LogP contribution in [0.4, 0.5) is 0 Å². The average molecular weight is 259 g/mol. The number of para-hydroxylation sites is 1. The molecular formula is C14H17N3O2. The maximum atomic E-state index is 12.2. The fourth-order valence-corrected chi connectivity index (χ4v) is 2.49. The quantitative estimate of drug-likeness (QED) is 0.766. The number of methoxy groups -OCH3 is 1. The highest BCUT2D eigenvalue weighted by Gasteiger charge is 2.28. The van der Waals surface area contributed by atoms with Crippen molar-refractivity contribution in [2.24, 2.45) is 0 Å². The van der Waals surface area contributed by atoms with E-state index in [0.29, 0.717) is 5.69 Å². The van der Waals surface area contributed by atoms with Gasteiger partial charge in [0.25, 0.3) is 5.91 Å². The van der Waals surface area contributed by atoms with Gasteiger partial charge in [-0.25, -0.2) is 0 Å². The molecule has 1 saturated heterocycles. The summed E-state index contributed by atoms with van der Waals surface area (Å²) in [5.41, 5.74) is 1.56. The molecule has 2 aromatic rings. The van der Waals surface area contributed by atoms with Gasteiger partial charge in [-0.15, -0.1) is 0 Å². The Labute approximate surface area is 111 Å². The van der Waals surface area contributed by atoms with Crippen LogP contribution in [0.25, 0.3) is 10.9 Å². The van der Waals surface area contributed by atoms with E-state index in [0.717, 1.165) is 24.0 Å². The molecule has 0 saturated carbocycles. The molecule has 1 aliphatic rings. The Morgan fingerprint density at radius 1 is 1.37 bits per heavy atom. The molecule has 3 N–H and O–H groups in total. The Kier molecular flexibility index (Phi) is 3.23. The number of aromatic nitrogens is 1. The molecule has 1 aromatic heterocycles. The van der Waals surface area contributed by atoms with Crippen LogP contribution in [0.2, 0.25) is 0 Å². The van der Waals surface area contributed by atoms with Gasteiger partial charge >= 0.3 is 0 Å². The highest BCUT2D eigenvalue weighted by molar-refractivity contribution is 5.98. The van der Waals surface area contributed by atoms with Gasteiger partial charge in [-0.3, -0.25) is 4.79 Å². The van der Waals surface area contributed by atoms with Crippen molar-refractivity contribution in [3.05, 3.63) is 36.0 Å². The van der Waals surface area contributed by atoms with Crippen LogP contribution < -0.4 is 10.6 Å². The molecule has 0 aliphatic carbocycles. The van der Waals surface area contributed by atoms with Crippen molar-refractivity contribution in [3.8, 4) is 0 Å². The number of carbonyl (C=O) groups is 1. The van der Waals surface area contributed by atoms with E-state index in [1.165, 1.54) is 0 Å². The summed E-state index contributed by atoms with van der Waals surface area (Å²) in [6.45, 7) is 1.51. The van der Waals surface area contributed by atoms with Crippen LogP contribution in [-0.2, 0) is 4.74 Å². The van der Waals surface area contributed by atoms with Crippen LogP contribution in [0.15, 0.2) is 30.3 Å². The Hall–Kier alpha value is -1.85. The maximum Gasteiger partial charge on any atom is 0.268 e. The summed E-state index contributed by atoms with van der Waals surface area (Å²) in [5, 5.41) is 7.25. The van der Waals surface area contributed by atoms with Crippen molar-refractivity contribution in [2.45, 2.75) is 12.1 Å². The monoisotopic (exact) mass is 259 g/mol. The molecule has 0 spiro atoms. The smallest absolute Gasteiger partial charge is 0.268 e. The molecule has 1 fully saturated rings. The number of hydrogen-bond acceptors (Lipinski definition) is 3. The van der Waals surface area contributed by atoms with Crippen molar-refractivity contribution >= 4 is 16.8 Å². The van der Waals surface area contributed by atoms with Crippen molar-refractivity contribution in [1.82, 2.24) is 15.6 Å². The van der Waals surface area contributed by atoms with E-state index in [4.69, 9.17) is 4.74 Å². The lowest BCUT2D eigenvalue weighted by molar-refractivity contribution is 0.0777. The molecular weight excluding hydrogens is 242 g/mol. The van der Waals surface area contributed by atoms with Gasteiger partial charge in [-0.2, -0.15) is 0 Å². The Bertz CT molecular complexity index is 560. The summed E-state index contributed by atoms with van der Waals surface area (Å²) in [5.74, 6) is -0.0908. The van der Waals surface area contributed by atoms with Gasteiger partial charge in [0.15, 0.2) is 0 Å². The first-order chi connectivity index (χ1) is 9.28. The molecule has 100 valence electrons. The van der Waals surface area contributed by atoms with E-state index in [-0.39, 0.29) is 18.1 Å². The number of rotatable bonds is 3. The van der Waals surface area contributed by atoms with E-state index in [1.807, 2.05) is 30.3 Å². The summed E-state index contributed by atoms with van der Waals surface area (Å²) in [7, 11) is 1.67. The number of carbonyl (C=O) groups excluding carboxylic acids is 1. The van der Waals surface area contributed by atoms with Crippen molar-refractivity contribution in [3.63, 3.8) is 0 Å². The lowest BCUT2D eigenvalue weighted by atomic mass is 10.2. The van der Waals surface area contributed by atoms with Crippen LogP contribution >= 0.6 is 0 Å². The van der Waals surface area contributed by atoms with Gasteiger partial charge in [0.2, 0.25) is 0 Å². The van der Waals surface area contributed by atoms with E-state index in [9.17, 15) is 4.79 Å². The minimum absolute atomic E-state index is 0.0175. The van der Waals surface area contributed by atoms with Gasteiger partial charge in [0.05, 0.1) is 12.1 Å². The summed E-state index contributed by atoms with van der Waals surface area (Å²) in [4.78, 5) is 15.3. The number of fused-ring (bicyclic) bond motifs is 1. The Morgan fingerprint density at radius 2 is 2.21 bits per heavy atom. The van der Waals surface area contributed by atoms with Crippen molar-refractivity contribution in [1.29, 1.82) is 0 Å². The van der Waals surface area contributed by atoms with Crippen molar-refractivity contribution < 1.29 is 9.53 Å². The first-order valence-electron chi connectivity index (χ1n) is 6.40. The maximum absolute atomic E-state index is 12.2. The molecule has 1 aromatic carbocycles. The molecule has 2 heterocycles. The Balaban J connectivity index is 1.76. The van der Waals surface area contributed by atoms with Gasteiger partial charge in [0.1, 0.15) is 5.69 Å². The third-order valence-electron chi connectivity index (χ3n) is 3.55. The van der Waals surface area contributed by atoms with E-state index in [2.05, 4.69) is 15.6 Å². The molecule has 0 radical (unpaired) electrons. The van der Waals surface area contributed by atoms with Crippen LogP contribution in [0.3, 0.4) is 0 Å². The molecule has 5 nitrogen and oxygen atoms in total. The second-order valence-corrected chi connectivity index (χ2v) is 4.78. The van der Waals surface area contributed by atoms with Gasteiger partial charge in [-0.05, 0) is 12.1 Å². The zero-order valence-corrected chi connectivity index (χ0v) is 10.8. The minimum atomic E-state index is -0.0908. The topological polar surface area (TPSA) is 66.2 Å².